The molecule has 0 radical (unpaired) electrons. The number of carbonyl (C=O) groups excluding carboxylic acids is 1. The van der Waals surface area contributed by atoms with E-state index in [2.05, 4.69) is 9.80 Å². The minimum Gasteiger partial charge on any atom is -0.341 e. The van der Waals surface area contributed by atoms with Crippen molar-refractivity contribution in [3.05, 3.63) is 27.9 Å². The highest BCUT2D eigenvalue weighted by Crippen LogP contribution is 2.27. The lowest BCUT2D eigenvalue weighted by Crippen LogP contribution is -2.47. The van der Waals surface area contributed by atoms with E-state index in [1.54, 1.807) is 6.07 Å². The molecule has 1 aromatic heterocycles. The molecule has 7 nitrogen and oxygen atoms in total. The Bertz CT molecular complexity index is 839. The van der Waals surface area contributed by atoms with Crippen molar-refractivity contribution in [1.29, 1.82) is 0 Å². The molecule has 31 heavy (non-hydrogen) atoms. The molecular formula is C24H37N5O2. The number of aromatic nitrogens is 2. The predicted molar refractivity (Wildman–Crippen MR) is 120 cm³/mol. The largest absolute Gasteiger partial charge is 0.341 e. The maximum absolute atomic E-state index is 13.0. The Labute approximate surface area is 185 Å². The van der Waals surface area contributed by atoms with Crippen LogP contribution in [0.15, 0.2) is 10.9 Å². The SMILES string of the molecule is O=C(CN1CCC(N2CCCC2)CC1)N1CCC(c2cc(=O)n3c(n2)CCCCC3)C1. The Morgan fingerprint density at radius 2 is 1.71 bits per heavy atom. The molecule has 0 aliphatic carbocycles. The number of amides is 1. The fraction of sp³-hybridized carbons (Fsp3) is 0.792. The Kier molecular flexibility index (Phi) is 6.41. The molecule has 0 bridgehead atoms. The van der Waals surface area contributed by atoms with E-state index in [9.17, 15) is 9.59 Å². The van der Waals surface area contributed by atoms with Crippen molar-refractivity contribution in [3.63, 3.8) is 0 Å². The third-order valence-electron chi connectivity index (χ3n) is 7.92. The van der Waals surface area contributed by atoms with Gasteiger partial charge in [0.05, 0.1) is 12.2 Å². The van der Waals surface area contributed by atoms with Crippen molar-refractivity contribution in [3.8, 4) is 0 Å². The van der Waals surface area contributed by atoms with Crippen molar-refractivity contribution < 1.29 is 4.79 Å². The van der Waals surface area contributed by atoms with Crippen molar-refractivity contribution >= 4 is 5.91 Å². The van der Waals surface area contributed by atoms with Gasteiger partial charge in [0.15, 0.2) is 0 Å². The minimum absolute atomic E-state index is 0.0903. The zero-order chi connectivity index (χ0) is 21.2. The standard InChI is InChI=1S/C24H37N5O2/c30-23-16-21(25-22-6-2-1-3-12-29(22)23)19-7-15-28(17-19)24(31)18-26-13-8-20(9-14-26)27-10-4-5-11-27/h16,19-20H,1-15,17-18H2. The molecule has 5 heterocycles. The molecule has 1 aromatic rings. The second-order valence-electron chi connectivity index (χ2n) is 9.97. The molecule has 1 atom stereocenters. The van der Waals surface area contributed by atoms with Gasteiger partial charge in [0.2, 0.25) is 5.91 Å². The highest BCUT2D eigenvalue weighted by atomic mass is 16.2. The van der Waals surface area contributed by atoms with Gasteiger partial charge >= 0.3 is 0 Å². The number of piperidine rings is 1. The van der Waals surface area contributed by atoms with Gasteiger partial charge in [0.25, 0.3) is 5.56 Å². The fourth-order valence-corrected chi connectivity index (χ4v) is 6.01. The summed E-state index contributed by atoms with van der Waals surface area (Å²) in [5.74, 6) is 1.39. The Hall–Kier alpha value is -1.73. The molecule has 7 heteroatoms. The van der Waals surface area contributed by atoms with Crippen LogP contribution in [-0.2, 0) is 17.8 Å². The molecule has 5 rings (SSSR count). The van der Waals surface area contributed by atoms with Crippen LogP contribution in [0.2, 0.25) is 0 Å². The summed E-state index contributed by atoms with van der Waals surface area (Å²) in [5.41, 5.74) is 0.993. The third kappa shape index (κ3) is 4.72. The number of hydrogen-bond donors (Lipinski definition) is 0. The van der Waals surface area contributed by atoms with Crippen LogP contribution in [0.25, 0.3) is 0 Å². The molecule has 4 aliphatic rings. The number of aryl methyl sites for hydroxylation is 1. The maximum Gasteiger partial charge on any atom is 0.253 e. The summed E-state index contributed by atoms with van der Waals surface area (Å²) >= 11 is 0. The second kappa shape index (κ2) is 9.41. The van der Waals surface area contributed by atoms with E-state index in [0.29, 0.717) is 13.1 Å². The summed E-state index contributed by atoms with van der Waals surface area (Å²) < 4.78 is 1.86. The Morgan fingerprint density at radius 3 is 2.52 bits per heavy atom. The topological polar surface area (TPSA) is 61.7 Å². The van der Waals surface area contributed by atoms with E-state index >= 15 is 0 Å². The van der Waals surface area contributed by atoms with Gasteiger partial charge in [-0.1, -0.05) is 6.42 Å². The normalized spacial score (nSPS) is 26.2. The van der Waals surface area contributed by atoms with Crippen LogP contribution in [0.3, 0.4) is 0 Å². The van der Waals surface area contributed by atoms with E-state index in [-0.39, 0.29) is 17.4 Å². The number of carbonyl (C=O) groups is 1. The van der Waals surface area contributed by atoms with Crippen LogP contribution < -0.4 is 5.56 Å². The van der Waals surface area contributed by atoms with Crippen LogP contribution in [0.4, 0.5) is 0 Å². The Balaban J connectivity index is 1.15. The molecule has 3 saturated heterocycles. The van der Waals surface area contributed by atoms with Crippen molar-refractivity contribution in [1.82, 2.24) is 24.3 Å². The van der Waals surface area contributed by atoms with Gasteiger partial charge in [-0.25, -0.2) is 4.98 Å². The van der Waals surface area contributed by atoms with E-state index in [4.69, 9.17) is 4.98 Å². The monoisotopic (exact) mass is 427 g/mol. The van der Waals surface area contributed by atoms with Crippen molar-refractivity contribution in [2.24, 2.45) is 0 Å². The lowest BCUT2D eigenvalue weighted by molar-refractivity contribution is -0.131. The van der Waals surface area contributed by atoms with Gasteiger partial charge in [-0.3, -0.25) is 19.1 Å². The predicted octanol–water partition coefficient (Wildman–Crippen LogP) is 1.85. The van der Waals surface area contributed by atoms with Gasteiger partial charge in [0.1, 0.15) is 5.82 Å². The highest BCUT2D eigenvalue weighted by Gasteiger charge is 2.32. The summed E-state index contributed by atoms with van der Waals surface area (Å²) in [6, 6.07) is 2.46. The summed E-state index contributed by atoms with van der Waals surface area (Å²) in [7, 11) is 0. The van der Waals surface area contributed by atoms with Crippen LogP contribution in [0.5, 0.6) is 0 Å². The first-order valence-electron chi connectivity index (χ1n) is 12.5. The zero-order valence-corrected chi connectivity index (χ0v) is 18.8. The zero-order valence-electron chi connectivity index (χ0n) is 18.8. The van der Waals surface area contributed by atoms with Gasteiger partial charge in [-0.15, -0.1) is 0 Å². The molecule has 170 valence electrons. The quantitative estimate of drug-likeness (QED) is 0.734. The lowest BCUT2D eigenvalue weighted by atomic mass is 10.0. The molecule has 0 N–H and O–H groups in total. The molecule has 1 amide bonds. The Morgan fingerprint density at radius 1 is 0.935 bits per heavy atom. The molecule has 1 unspecified atom stereocenters. The van der Waals surface area contributed by atoms with Crippen LogP contribution in [0, 0.1) is 0 Å². The summed E-state index contributed by atoms with van der Waals surface area (Å²) in [5, 5.41) is 0. The number of hydrogen-bond acceptors (Lipinski definition) is 5. The number of fused-ring (bicyclic) bond motifs is 1. The van der Waals surface area contributed by atoms with Gasteiger partial charge < -0.3 is 9.80 Å². The minimum atomic E-state index is 0.0903. The first-order chi connectivity index (χ1) is 15.2. The van der Waals surface area contributed by atoms with Crippen LogP contribution in [0.1, 0.15) is 68.8 Å². The molecule has 0 spiro atoms. The molecule has 3 fully saturated rings. The molecule has 0 aromatic carbocycles. The van der Waals surface area contributed by atoms with E-state index in [1.165, 1.54) is 45.2 Å². The summed E-state index contributed by atoms with van der Waals surface area (Å²) in [6.07, 6.45) is 10.2. The molecule has 4 aliphatic heterocycles. The third-order valence-corrected chi connectivity index (χ3v) is 7.92. The van der Waals surface area contributed by atoms with E-state index in [0.717, 1.165) is 69.4 Å². The van der Waals surface area contributed by atoms with Crippen molar-refractivity contribution in [2.45, 2.75) is 76.3 Å². The highest BCUT2D eigenvalue weighted by molar-refractivity contribution is 5.78. The molecule has 0 saturated carbocycles. The first kappa shape index (κ1) is 21.1. The molecular weight excluding hydrogens is 390 g/mol. The average Bonchev–Trinajstić information content (AvgIpc) is 3.43. The maximum atomic E-state index is 13.0. The van der Waals surface area contributed by atoms with Crippen molar-refractivity contribution in [2.75, 3.05) is 45.8 Å². The van der Waals surface area contributed by atoms with E-state index < -0.39 is 0 Å². The lowest BCUT2D eigenvalue weighted by Gasteiger charge is -2.36. The van der Waals surface area contributed by atoms with E-state index in [1.807, 2.05) is 9.47 Å². The number of nitrogens with zero attached hydrogens (tertiary/aromatic N) is 5. The van der Waals surface area contributed by atoms with Gasteiger partial charge in [-0.2, -0.15) is 0 Å². The summed E-state index contributed by atoms with van der Waals surface area (Å²) in [6.45, 7) is 7.43. The van der Waals surface area contributed by atoms with Crippen LogP contribution in [-0.4, -0.2) is 82.0 Å². The second-order valence-corrected chi connectivity index (χ2v) is 9.97. The summed E-state index contributed by atoms with van der Waals surface area (Å²) in [4.78, 5) is 37.5. The van der Waals surface area contributed by atoms with Crippen LogP contribution >= 0.6 is 0 Å². The fourth-order valence-electron chi connectivity index (χ4n) is 6.01. The smallest absolute Gasteiger partial charge is 0.253 e. The number of likely N-dealkylation sites (tertiary alicyclic amines) is 3. The van der Waals surface area contributed by atoms with Gasteiger partial charge in [0, 0.05) is 57.2 Å². The first-order valence-corrected chi connectivity index (χ1v) is 12.5. The van der Waals surface area contributed by atoms with Gasteiger partial charge in [-0.05, 0) is 58.0 Å². The average molecular weight is 428 g/mol. The number of rotatable bonds is 4.